The Morgan fingerprint density at radius 3 is 1.73 bits per heavy atom. The minimum Gasteiger partial charge on any atom is -0.347 e. The Labute approximate surface area is 143 Å². The summed E-state index contributed by atoms with van der Waals surface area (Å²) in [6, 6.07) is 0. The molecule has 0 aliphatic heterocycles. The van der Waals surface area contributed by atoms with Gasteiger partial charge in [0, 0.05) is 6.54 Å². The summed E-state index contributed by atoms with van der Waals surface area (Å²) in [6.45, 7) is 3.04. The largest absolute Gasteiger partial charge is 0.347 e. The van der Waals surface area contributed by atoms with Crippen LogP contribution in [-0.2, 0) is 0 Å². The lowest BCUT2D eigenvalue weighted by Crippen LogP contribution is -2.17. The van der Waals surface area contributed by atoms with E-state index in [2.05, 4.69) is 37.0 Å². The molecule has 0 rings (SSSR count). The third-order valence-electron chi connectivity index (χ3n) is 3.96. The molecule has 0 fully saturated rings. The van der Waals surface area contributed by atoms with Crippen LogP contribution in [0.5, 0.6) is 0 Å². The first-order valence-electron chi connectivity index (χ1n) is 9.39. The van der Waals surface area contributed by atoms with E-state index in [1.807, 2.05) is 0 Å². The average molecular weight is 328 g/mol. The summed E-state index contributed by atoms with van der Waals surface area (Å²) in [6.07, 6.45) is 23.1. The summed E-state index contributed by atoms with van der Waals surface area (Å²) in [5, 5.41) is 2.50. The van der Waals surface area contributed by atoms with Crippen LogP contribution >= 0.6 is 12.6 Å². The minimum atomic E-state index is -0.215. The predicted octanol–water partition coefficient (Wildman–Crippen LogP) is 6.66. The van der Waals surface area contributed by atoms with Crippen LogP contribution in [0.3, 0.4) is 0 Å². The maximum absolute atomic E-state index is 10.6. The van der Waals surface area contributed by atoms with Gasteiger partial charge in [-0.15, -0.1) is 0 Å². The van der Waals surface area contributed by atoms with Gasteiger partial charge in [0.15, 0.2) is 0 Å². The van der Waals surface area contributed by atoms with E-state index in [4.69, 9.17) is 0 Å². The number of hydrogen-bond donors (Lipinski definition) is 2. The number of carbonyl (C=O) groups is 1. The lowest BCUT2D eigenvalue weighted by Gasteiger charge is -2.02. The molecule has 0 aliphatic rings. The SMILES string of the molecule is CCCCCCCCC=CCCCCCCCCNC(=O)S. The molecule has 3 heteroatoms. The molecule has 0 heterocycles. The summed E-state index contributed by atoms with van der Waals surface area (Å²) in [4.78, 5) is 10.6. The molecule has 0 spiro atoms. The van der Waals surface area contributed by atoms with Crippen LogP contribution in [0.4, 0.5) is 4.79 Å². The standard InChI is InChI=1S/C19H37NOS/c1-2-3-4-5-6-7-8-9-10-11-12-13-14-15-16-17-18-20-19(21)22/h9-10H,2-8,11-18H2,1H3,(H2,20,21,22). The highest BCUT2D eigenvalue weighted by atomic mass is 32.1. The third kappa shape index (κ3) is 19.6. The zero-order valence-corrected chi connectivity index (χ0v) is 15.5. The second-order valence-corrected chi connectivity index (χ2v) is 6.58. The minimum absolute atomic E-state index is 0.215. The van der Waals surface area contributed by atoms with Crippen molar-refractivity contribution in [1.29, 1.82) is 0 Å². The molecule has 0 saturated carbocycles. The number of nitrogens with one attached hydrogen (secondary N) is 1. The van der Waals surface area contributed by atoms with Gasteiger partial charge in [0.2, 0.25) is 0 Å². The topological polar surface area (TPSA) is 29.1 Å². The first kappa shape index (κ1) is 21.6. The molecule has 0 aromatic carbocycles. The molecule has 0 radical (unpaired) electrons. The second-order valence-electron chi connectivity index (χ2n) is 6.17. The van der Waals surface area contributed by atoms with Gasteiger partial charge in [-0.1, -0.05) is 89.5 Å². The molecule has 0 atom stereocenters. The van der Waals surface area contributed by atoms with Gasteiger partial charge in [0.05, 0.1) is 0 Å². The predicted molar refractivity (Wildman–Crippen MR) is 102 cm³/mol. The number of unbranched alkanes of at least 4 members (excludes halogenated alkanes) is 12. The average Bonchev–Trinajstić information content (AvgIpc) is 2.50. The molecule has 1 amide bonds. The molecule has 22 heavy (non-hydrogen) atoms. The lowest BCUT2D eigenvalue weighted by atomic mass is 10.1. The van der Waals surface area contributed by atoms with Crippen molar-refractivity contribution in [3.05, 3.63) is 12.2 Å². The van der Waals surface area contributed by atoms with Crippen molar-refractivity contribution in [3.8, 4) is 0 Å². The molecule has 0 aromatic heterocycles. The van der Waals surface area contributed by atoms with Gasteiger partial charge in [-0.05, 0) is 32.1 Å². The Morgan fingerprint density at radius 2 is 1.23 bits per heavy atom. The van der Waals surface area contributed by atoms with E-state index < -0.39 is 0 Å². The Kier molecular flexibility index (Phi) is 18.2. The Hall–Kier alpha value is -0.440. The van der Waals surface area contributed by atoms with Crippen molar-refractivity contribution < 1.29 is 4.79 Å². The fourth-order valence-electron chi connectivity index (χ4n) is 2.57. The number of hydrogen-bond acceptors (Lipinski definition) is 1. The van der Waals surface area contributed by atoms with Crippen LogP contribution in [0, 0.1) is 0 Å². The monoisotopic (exact) mass is 327 g/mol. The van der Waals surface area contributed by atoms with Crippen molar-refractivity contribution >= 4 is 17.9 Å². The summed E-state index contributed by atoms with van der Waals surface area (Å²) in [7, 11) is 0. The first-order chi connectivity index (χ1) is 10.8. The number of carbonyl (C=O) groups excluding carboxylic acids is 1. The highest BCUT2D eigenvalue weighted by Gasteiger charge is 1.93. The Bertz CT molecular complexity index is 266. The van der Waals surface area contributed by atoms with E-state index in [9.17, 15) is 4.79 Å². The molecule has 0 aliphatic carbocycles. The van der Waals surface area contributed by atoms with Crippen LogP contribution < -0.4 is 5.32 Å². The van der Waals surface area contributed by atoms with E-state index in [0.717, 1.165) is 13.0 Å². The van der Waals surface area contributed by atoms with E-state index in [0.29, 0.717) is 0 Å². The summed E-state index contributed by atoms with van der Waals surface area (Å²) in [5.41, 5.74) is 0. The van der Waals surface area contributed by atoms with Gasteiger partial charge in [-0.25, -0.2) is 0 Å². The van der Waals surface area contributed by atoms with Gasteiger partial charge in [-0.2, -0.15) is 0 Å². The van der Waals surface area contributed by atoms with Crippen molar-refractivity contribution in [2.45, 2.75) is 96.8 Å². The second kappa shape index (κ2) is 18.6. The van der Waals surface area contributed by atoms with Crippen LogP contribution in [0.15, 0.2) is 12.2 Å². The molecule has 0 aromatic rings. The maximum Gasteiger partial charge on any atom is 0.275 e. The quantitative estimate of drug-likeness (QED) is 0.185. The van der Waals surface area contributed by atoms with Gasteiger partial charge in [0.25, 0.3) is 5.24 Å². The highest BCUT2D eigenvalue weighted by Crippen LogP contribution is 2.09. The number of allylic oxidation sites excluding steroid dienone is 2. The van der Waals surface area contributed by atoms with Crippen LogP contribution in [0.25, 0.3) is 0 Å². The smallest absolute Gasteiger partial charge is 0.275 e. The molecule has 2 nitrogen and oxygen atoms in total. The summed E-state index contributed by atoms with van der Waals surface area (Å²) < 4.78 is 0. The fourth-order valence-corrected chi connectivity index (χ4v) is 2.68. The zero-order chi connectivity index (χ0) is 16.3. The van der Waals surface area contributed by atoms with Crippen molar-refractivity contribution in [2.75, 3.05) is 6.54 Å². The van der Waals surface area contributed by atoms with Crippen LogP contribution in [0.1, 0.15) is 96.8 Å². The van der Waals surface area contributed by atoms with E-state index in [1.165, 1.54) is 83.5 Å². The molecule has 0 saturated heterocycles. The molecular weight excluding hydrogens is 290 g/mol. The van der Waals surface area contributed by atoms with Crippen molar-refractivity contribution in [2.24, 2.45) is 0 Å². The summed E-state index contributed by atoms with van der Waals surface area (Å²) >= 11 is 3.67. The maximum atomic E-state index is 10.6. The molecule has 0 bridgehead atoms. The van der Waals surface area contributed by atoms with Crippen LogP contribution in [-0.4, -0.2) is 11.8 Å². The van der Waals surface area contributed by atoms with Gasteiger partial charge < -0.3 is 5.32 Å². The number of amides is 1. The van der Waals surface area contributed by atoms with Crippen LogP contribution in [0.2, 0.25) is 0 Å². The number of rotatable bonds is 16. The Morgan fingerprint density at radius 1 is 0.773 bits per heavy atom. The van der Waals surface area contributed by atoms with E-state index >= 15 is 0 Å². The van der Waals surface area contributed by atoms with E-state index in [1.54, 1.807) is 0 Å². The highest BCUT2D eigenvalue weighted by molar-refractivity contribution is 7.96. The van der Waals surface area contributed by atoms with Crippen molar-refractivity contribution in [3.63, 3.8) is 0 Å². The molecule has 0 unspecified atom stereocenters. The Balaban J connectivity index is 3.06. The fraction of sp³-hybridized carbons (Fsp3) is 0.842. The first-order valence-corrected chi connectivity index (χ1v) is 9.84. The lowest BCUT2D eigenvalue weighted by molar-refractivity contribution is 0.261. The van der Waals surface area contributed by atoms with Gasteiger partial charge in [0.1, 0.15) is 0 Å². The molecular formula is C19H37NOS. The zero-order valence-electron chi connectivity index (χ0n) is 14.6. The van der Waals surface area contributed by atoms with Crippen molar-refractivity contribution in [1.82, 2.24) is 5.32 Å². The van der Waals surface area contributed by atoms with Gasteiger partial charge >= 0.3 is 0 Å². The summed E-state index contributed by atoms with van der Waals surface area (Å²) in [5.74, 6) is 0. The third-order valence-corrected chi connectivity index (χ3v) is 4.12. The van der Waals surface area contributed by atoms with E-state index in [-0.39, 0.29) is 5.24 Å². The molecule has 130 valence electrons. The normalized spacial score (nSPS) is 11.2. The van der Waals surface area contributed by atoms with Gasteiger partial charge in [-0.3, -0.25) is 4.79 Å². The number of thiol groups is 1. The molecule has 1 N–H and O–H groups in total.